The third-order valence-corrected chi connectivity index (χ3v) is 12.9. The van der Waals surface area contributed by atoms with Gasteiger partial charge in [-0.25, -0.2) is 0 Å². The fourth-order valence-electron chi connectivity index (χ4n) is 9.67. The Bertz CT molecular complexity index is 3840. The Hall–Kier alpha value is -7.35. The summed E-state index contributed by atoms with van der Waals surface area (Å²) in [5.74, 6) is 0. The Morgan fingerprint density at radius 2 is 0.639 bits per heavy atom. The number of H-pyrrole nitrogens is 3. The first-order valence-corrected chi connectivity index (χ1v) is 21.7. The van der Waals surface area contributed by atoms with Crippen molar-refractivity contribution in [3.63, 3.8) is 0 Å². The van der Waals surface area contributed by atoms with Gasteiger partial charge < -0.3 is 19.5 Å². The molecule has 0 saturated heterocycles. The highest BCUT2D eigenvalue weighted by atomic mass is 127. The molecule has 4 aromatic heterocycles. The molecule has 0 amide bonds. The van der Waals surface area contributed by atoms with Crippen molar-refractivity contribution in [1.29, 1.82) is 0 Å². The summed E-state index contributed by atoms with van der Waals surface area (Å²) < 4.78 is 3.70. The first-order valence-electron chi connectivity index (χ1n) is 20.6. The molecule has 10 aromatic carbocycles. The lowest BCUT2D eigenvalue weighted by Crippen LogP contribution is -1.94. The minimum atomic E-state index is 1.18. The van der Waals surface area contributed by atoms with Crippen LogP contribution in [0.15, 0.2) is 206 Å². The van der Waals surface area contributed by atoms with Gasteiger partial charge in [0.15, 0.2) is 0 Å². The molecule has 14 aromatic rings. The van der Waals surface area contributed by atoms with Crippen molar-refractivity contribution >= 4 is 131 Å². The number of hydrogen-bond donors (Lipinski definition) is 3. The number of benzene rings is 10. The third kappa shape index (κ3) is 5.65. The summed E-state index contributed by atoms with van der Waals surface area (Å²) in [6.45, 7) is 0. The average molecular weight is 893 g/mol. The molecule has 0 bridgehead atoms. The highest BCUT2D eigenvalue weighted by molar-refractivity contribution is 14.1. The molecular formula is C56H37IN4. The Morgan fingerprint density at radius 1 is 0.295 bits per heavy atom. The predicted octanol–water partition coefficient (Wildman–Crippen LogP) is 16.0. The molecule has 3 N–H and O–H groups in total. The summed E-state index contributed by atoms with van der Waals surface area (Å²) in [4.78, 5) is 11.0. The fraction of sp³-hybridized carbons (Fsp3) is 0. The van der Waals surface area contributed by atoms with Gasteiger partial charge in [0.2, 0.25) is 0 Å². The van der Waals surface area contributed by atoms with Gasteiger partial charge in [-0.3, -0.25) is 0 Å². The van der Waals surface area contributed by atoms with E-state index in [0.29, 0.717) is 0 Å². The predicted molar refractivity (Wildman–Crippen MR) is 269 cm³/mol. The summed E-state index contributed by atoms with van der Waals surface area (Å²) in [5, 5.41) is 15.6. The Labute approximate surface area is 364 Å². The van der Waals surface area contributed by atoms with E-state index in [0.717, 1.165) is 0 Å². The van der Waals surface area contributed by atoms with Gasteiger partial charge in [0.1, 0.15) is 0 Å². The molecule has 0 spiro atoms. The van der Waals surface area contributed by atoms with Crippen molar-refractivity contribution in [2.45, 2.75) is 0 Å². The number of nitrogens with one attached hydrogen (secondary N) is 3. The number of aromatic nitrogens is 4. The Kier molecular flexibility index (Phi) is 8.42. The molecule has 4 heterocycles. The van der Waals surface area contributed by atoms with E-state index >= 15 is 0 Å². The molecule has 0 atom stereocenters. The second-order valence-corrected chi connectivity index (χ2v) is 16.8. The van der Waals surface area contributed by atoms with Gasteiger partial charge in [-0.05, 0) is 92.7 Å². The van der Waals surface area contributed by atoms with Crippen molar-refractivity contribution in [3.05, 3.63) is 210 Å². The SMILES string of the molecule is Ic1ccccc1.c1ccc(-n2c3ccccc3c3c4ccccc4c4c5ccccc5[nH]c4c32)cc1.c1ccc2c(c1)[nH]c1c3[nH]c4ccccc4c3c3ccccc3c21. The molecule has 14 rings (SSSR count). The van der Waals surface area contributed by atoms with Crippen LogP contribution in [0.2, 0.25) is 0 Å². The summed E-state index contributed by atoms with van der Waals surface area (Å²) in [6, 6.07) is 72.9. The summed E-state index contributed by atoms with van der Waals surface area (Å²) in [6.07, 6.45) is 0. The number of para-hydroxylation sites is 5. The van der Waals surface area contributed by atoms with Crippen LogP contribution in [0.4, 0.5) is 0 Å². The lowest BCUT2D eigenvalue weighted by Gasteiger charge is -2.10. The van der Waals surface area contributed by atoms with Crippen LogP contribution in [0.25, 0.3) is 114 Å². The van der Waals surface area contributed by atoms with Crippen LogP contribution in [0.5, 0.6) is 0 Å². The summed E-state index contributed by atoms with van der Waals surface area (Å²) in [7, 11) is 0. The van der Waals surface area contributed by atoms with E-state index in [4.69, 9.17) is 0 Å². The van der Waals surface area contributed by atoms with E-state index in [1.54, 1.807) is 0 Å². The third-order valence-electron chi connectivity index (χ3n) is 12.2. The van der Waals surface area contributed by atoms with E-state index in [2.05, 4.69) is 230 Å². The van der Waals surface area contributed by atoms with E-state index in [-0.39, 0.29) is 0 Å². The van der Waals surface area contributed by atoms with Crippen LogP contribution in [-0.2, 0) is 0 Å². The molecular weight excluding hydrogens is 856 g/mol. The van der Waals surface area contributed by atoms with Crippen LogP contribution in [0, 0.1) is 3.57 Å². The topological polar surface area (TPSA) is 52.3 Å². The summed E-state index contributed by atoms with van der Waals surface area (Å²) in [5.41, 5.74) is 10.8. The number of hydrogen-bond acceptors (Lipinski definition) is 0. The highest BCUT2D eigenvalue weighted by Crippen LogP contribution is 2.45. The minimum absolute atomic E-state index is 1.18. The van der Waals surface area contributed by atoms with Crippen molar-refractivity contribution in [2.75, 3.05) is 0 Å². The van der Waals surface area contributed by atoms with E-state index in [1.165, 1.54) is 118 Å². The van der Waals surface area contributed by atoms with Crippen LogP contribution in [0.1, 0.15) is 0 Å². The molecule has 0 aliphatic carbocycles. The van der Waals surface area contributed by atoms with Gasteiger partial charge in [-0.1, -0.05) is 158 Å². The summed E-state index contributed by atoms with van der Waals surface area (Å²) >= 11 is 2.28. The van der Waals surface area contributed by atoms with Gasteiger partial charge in [-0.15, -0.1) is 0 Å². The van der Waals surface area contributed by atoms with Crippen LogP contribution in [0.3, 0.4) is 0 Å². The Balaban J connectivity index is 0.000000115. The molecule has 288 valence electrons. The zero-order valence-corrected chi connectivity index (χ0v) is 35.1. The molecule has 61 heavy (non-hydrogen) atoms. The number of nitrogens with zero attached hydrogens (tertiary/aromatic N) is 1. The zero-order chi connectivity index (χ0) is 40.4. The molecule has 0 radical (unpaired) electrons. The van der Waals surface area contributed by atoms with E-state index in [9.17, 15) is 0 Å². The monoisotopic (exact) mass is 892 g/mol. The lowest BCUT2D eigenvalue weighted by molar-refractivity contribution is 1.18. The second kappa shape index (κ2) is 14.4. The molecule has 0 unspecified atom stereocenters. The maximum atomic E-state index is 3.76. The molecule has 0 fully saturated rings. The van der Waals surface area contributed by atoms with Crippen molar-refractivity contribution in [1.82, 2.24) is 19.5 Å². The maximum Gasteiger partial charge on any atom is 0.0789 e. The minimum Gasteiger partial charge on any atom is -0.353 e. The maximum absolute atomic E-state index is 3.76. The van der Waals surface area contributed by atoms with Gasteiger partial charge in [0.05, 0.1) is 27.6 Å². The highest BCUT2D eigenvalue weighted by Gasteiger charge is 2.21. The standard InChI is InChI=1S/C28H18N2.C22H14N2.C6H5I/c1-2-10-18(11-3-1)30-24-17-9-7-15-22(24)26-20-13-5-4-12-19(20)25-21-14-6-8-16-23(21)29-27(25)28(26)30;1-2-8-14-13(7-1)19-15-9-3-5-11-17(15)23-21(19)22-20(14)16-10-4-6-12-18(16)24-22;7-6-4-2-1-3-5-6/h1-17,29H;1-12,23-24H;1-5H. The molecule has 4 nitrogen and oxygen atoms in total. The van der Waals surface area contributed by atoms with Crippen molar-refractivity contribution < 1.29 is 0 Å². The quantitative estimate of drug-likeness (QED) is 0.138. The average Bonchev–Trinajstić information content (AvgIpc) is 4.10. The number of fused-ring (bicyclic) bond motifs is 20. The van der Waals surface area contributed by atoms with Crippen LogP contribution in [-0.4, -0.2) is 19.5 Å². The van der Waals surface area contributed by atoms with Gasteiger partial charge in [-0.2, -0.15) is 0 Å². The molecule has 0 saturated carbocycles. The molecule has 0 aliphatic heterocycles. The Morgan fingerprint density at radius 3 is 1.10 bits per heavy atom. The smallest absolute Gasteiger partial charge is 0.0789 e. The van der Waals surface area contributed by atoms with Crippen LogP contribution < -0.4 is 0 Å². The van der Waals surface area contributed by atoms with Gasteiger partial charge >= 0.3 is 0 Å². The number of halogens is 1. The second-order valence-electron chi connectivity index (χ2n) is 15.6. The number of aromatic amines is 3. The van der Waals surface area contributed by atoms with E-state index in [1.807, 2.05) is 18.2 Å². The number of rotatable bonds is 1. The molecule has 5 heteroatoms. The van der Waals surface area contributed by atoms with Crippen LogP contribution >= 0.6 is 22.6 Å². The largest absolute Gasteiger partial charge is 0.353 e. The first-order chi connectivity index (χ1) is 30.2. The zero-order valence-electron chi connectivity index (χ0n) is 33.0. The van der Waals surface area contributed by atoms with Crippen molar-refractivity contribution in [2.24, 2.45) is 0 Å². The van der Waals surface area contributed by atoms with Gasteiger partial charge in [0, 0.05) is 68.9 Å². The molecule has 0 aliphatic rings. The fourth-order valence-corrected chi connectivity index (χ4v) is 10.1. The lowest BCUT2D eigenvalue weighted by atomic mass is 9.99. The van der Waals surface area contributed by atoms with E-state index < -0.39 is 0 Å². The van der Waals surface area contributed by atoms with Crippen molar-refractivity contribution in [3.8, 4) is 5.69 Å². The normalized spacial score (nSPS) is 11.7. The van der Waals surface area contributed by atoms with Gasteiger partial charge in [0.25, 0.3) is 0 Å². The first kappa shape index (κ1) is 35.6.